The van der Waals surface area contributed by atoms with Gasteiger partial charge in [-0.25, -0.2) is 0 Å². The third-order valence-electron chi connectivity index (χ3n) is 5.41. The van der Waals surface area contributed by atoms with E-state index in [9.17, 15) is 44.6 Å². The van der Waals surface area contributed by atoms with E-state index in [1.54, 1.807) is 30.3 Å². The maximum atomic E-state index is 13.2. The lowest BCUT2D eigenvalue weighted by atomic mass is 9.77. The number of alkyl halides is 9. The van der Waals surface area contributed by atoms with Crippen LogP contribution in [0.2, 0.25) is 0 Å². The predicted octanol–water partition coefficient (Wildman–Crippen LogP) is 6.48. The normalized spacial score (nSPS) is 13.7. The van der Waals surface area contributed by atoms with E-state index in [4.69, 9.17) is 0 Å². The van der Waals surface area contributed by atoms with E-state index in [1.165, 1.54) is 12.1 Å². The summed E-state index contributed by atoms with van der Waals surface area (Å²) in [6.45, 7) is -1.15. The number of nitrogens with one attached hydrogen (secondary N) is 1. The van der Waals surface area contributed by atoms with Gasteiger partial charge in [0.15, 0.2) is 6.10 Å². The fourth-order valence-corrected chi connectivity index (χ4v) is 3.84. The zero-order valence-corrected chi connectivity index (χ0v) is 19.2. The summed E-state index contributed by atoms with van der Waals surface area (Å²) in [5, 5.41) is 12.2. The second-order valence-corrected chi connectivity index (χ2v) is 8.16. The third kappa shape index (κ3) is 8.02. The van der Waals surface area contributed by atoms with Gasteiger partial charge in [0.2, 0.25) is 0 Å². The van der Waals surface area contributed by atoms with Crippen molar-refractivity contribution in [2.45, 2.75) is 37.0 Å². The van der Waals surface area contributed by atoms with Gasteiger partial charge in [-0.15, -0.1) is 26.3 Å². The Balaban J connectivity index is 2.23. The third-order valence-corrected chi connectivity index (χ3v) is 5.41. The SMILES string of the molecule is O[C@@H](CNC(Cc1ccccc1)(c1cccc(OC(F)(F)F)c1)c1cccc(OC(F)(F)F)c1)C(F)(F)F. The number of aliphatic hydroxyl groups excluding tert-OH is 1. The molecule has 0 saturated heterocycles. The van der Waals surface area contributed by atoms with Crippen LogP contribution in [0.5, 0.6) is 11.5 Å². The zero-order chi connectivity index (χ0) is 28.2. The fourth-order valence-electron chi connectivity index (χ4n) is 3.84. The number of hydrogen-bond acceptors (Lipinski definition) is 4. The van der Waals surface area contributed by atoms with Gasteiger partial charge in [0, 0.05) is 6.54 Å². The largest absolute Gasteiger partial charge is 0.573 e. The Kier molecular flexibility index (Phi) is 8.52. The first-order valence-corrected chi connectivity index (χ1v) is 10.8. The Hall–Kier alpha value is -3.45. The Morgan fingerprint density at radius 3 is 1.55 bits per heavy atom. The summed E-state index contributed by atoms with van der Waals surface area (Å²) in [6, 6.07) is 16.5. The molecule has 0 radical (unpaired) electrons. The van der Waals surface area contributed by atoms with Gasteiger partial charge in [-0.3, -0.25) is 0 Å². The van der Waals surface area contributed by atoms with Gasteiger partial charge in [-0.1, -0.05) is 54.6 Å². The second kappa shape index (κ2) is 11.1. The minimum absolute atomic E-state index is 0.0818. The molecule has 0 aromatic heterocycles. The van der Waals surface area contributed by atoms with Crippen LogP contribution in [0.25, 0.3) is 0 Å². The first kappa shape index (κ1) is 29.1. The first-order valence-electron chi connectivity index (χ1n) is 10.8. The molecule has 3 rings (SSSR count). The highest BCUT2D eigenvalue weighted by atomic mass is 19.4. The van der Waals surface area contributed by atoms with Gasteiger partial charge in [0.25, 0.3) is 0 Å². The highest BCUT2D eigenvalue weighted by molar-refractivity contribution is 5.46. The number of hydrogen-bond donors (Lipinski definition) is 2. The molecule has 0 bridgehead atoms. The maximum absolute atomic E-state index is 13.2. The molecule has 2 N–H and O–H groups in total. The summed E-state index contributed by atoms with van der Waals surface area (Å²) >= 11 is 0. The van der Waals surface area contributed by atoms with Gasteiger partial charge in [0.1, 0.15) is 11.5 Å². The molecule has 206 valence electrons. The lowest BCUT2D eigenvalue weighted by Crippen LogP contribution is -2.51. The number of halogens is 9. The quantitative estimate of drug-likeness (QED) is 0.298. The zero-order valence-electron chi connectivity index (χ0n) is 19.2. The first-order chi connectivity index (χ1) is 17.6. The van der Waals surface area contributed by atoms with Crippen LogP contribution in [-0.4, -0.2) is 36.7 Å². The molecule has 0 aliphatic carbocycles. The maximum Gasteiger partial charge on any atom is 0.573 e. The molecule has 0 amide bonds. The van der Waals surface area contributed by atoms with E-state index in [1.807, 2.05) is 0 Å². The predicted molar refractivity (Wildman–Crippen MR) is 117 cm³/mol. The van der Waals surface area contributed by atoms with Crippen LogP contribution in [0, 0.1) is 0 Å². The molecule has 0 fully saturated rings. The summed E-state index contributed by atoms with van der Waals surface area (Å²) in [4.78, 5) is 0. The molecule has 4 nitrogen and oxygen atoms in total. The molecule has 38 heavy (non-hydrogen) atoms. The van der Waals surface area contributed by atoms with Gasteiger partial charge in [-0.2, -0.15) is 13.2 Å². The van der Waals surface area contributed by atoms with Crippen molar-refractivity contribution in [3.63, 3.8) is 0 Å². The number of rotatable bonds is 9. The van der Waals surface area contributed by atoms with Crippen LogP contribution < -0.4 is 14.8 Å². The average molecular weight is 553 g/mol. The van der Waals surface area contributed by atoms with Crippen LogP contribution in [0.4, 0.5) is 39.5 Å². The Bertz CT molecular complexity index is 1140. The van der Waals surface area contributed by atoms with Crippen molar-refractivity contribution >= 4 is 0 Å². The van der Waals surface area contributed by atoms with E-state index >= 15 is 0 Å². The van der Waals surface area contributed by atoms with Gasteiger partial charge < -0.3 is 19.9 Å². The van der Waals surface area contributed by atoms with Gasteiger partial charge >= 0.3 is 18.9 Å². The smallest absolute Gasteiger partial charge is 0.406 e. The van der Waals surface area contributed by atoms with Crippen molar-refractivity contribution in [2.75, 3.05) is 6.54 Å². The molecule has 3 aromatic carbocycles. The van der Waals surface area contributed by atoms with Crippen LogP contribution >= 0.6 is 0 Å². The molecule has 0 aliphatic heterocycles. The topological polar surface area (TPSA) is 50.7 Å². The van der Waals surface area contributed by atoms with Crippen molar-refractivity contribution in [3.8, 4) is 11.5 Å². The molecule has 0 saturated carbocycles. The second-order valence-electron chi connectivity index (χ2n) is 8.16. The number of benzene rings is 3. The molecule has 1 atom stereocenters. The van der Waals surface area contributed by atoms with Gasteiger partial charge in [-0.05, 0) is 47.4 Å². The van der Waals surface area contributed by atoms with E-state index < -0.39 is 48.6 Å². The summed E-state index contributed by atoms with van der Waals surface area (Å²) in [7, 11) is 0. The Morgan fingerprint density at radius 2 is 1.13 bits per heavy atom. The van der Waals surface area contributed by atoms with E-state index in [2.05, 4.69) is 14.8 Å². The van der Waals surface area contributed by atoms with Crippen LogP contribution in [-0.2, 0) is 12.0 Å². The van der Waals surface area contributed by atoms with Crippen molar-refractivity contribution in [1.29, 1.82) is 0 Å². The Morgan fingerprint density at radius 1 is 0.658 bits per heavy atom. The molecule has 13 heteroatoms. The standard InChI is InChI=1S/C25H20F9NO3/c26-23(27,28)21(36)15-35-22(14-16-6-2-1-3-7-16,17-8-4-10-19(12-17)37-24(29,30)31)18-9-5-11-20(13-18)38-25(32,33)34/h1-13,21,35-36H,14-15H2/t21-/m0/s1. The lowest BCUT2D eigenvalue weighted by Gasteiger charge is -2.38. The summed E-state index contributed by atoms with van der Waals surface area (Å²) in [6.07, 6.45) is -18.4. The lowest BCUT2D eigenvalue weighted by molar-refractivity contribution is -0.275. The van der Waals surface area contributed by atoms with E-state index in [-0.39, 0.29) is 17.5 Å². The molecule has 0 unspecified atom stereocenters. The molecule has 0 spiro atoms. The van der Waals surface area contributed by atoms with E-state index in [0.717, 1.165) is 36.4 Å². The van der Waals surface area contributed by atoms with Gasteiger partial charge in [0.05, 0.1) is 5.54 Å². The summed E-state index contributed by atoms with van der Waals surface area (Å²) in [5.74, 6) is -1.43. The van der Waals surface area contributed by atoms with Crippen molar-refractivity contribution in [3.05, 3.63) is 95.6 Å². The van der Waals surface area contributed by atoms with Crippen LogP contribution in [0.1, 0.15) is 16.7 Å². The van der Waals surface area contributed by atoms with Crippen LogP contribution in [0.3, 0.4) is 0 Å². The minimum atomic E-state index is -5.10. The van der Waals surface area contributed by atoms with Crippen molar-refractivity contribution < 1.29 is 54.1 Å². The van der Waals surface area contributed by atoms with Crippen molar-refractivity contribution in [1.82, 2.24) is 5.32 Å². The molecular weight excluding hydrogens is 533 g/mol. The highest BCUT2D eigenvalue weighted by Gasteiger charge is 2.42. The number of ether oxygens (including phenoxy) is 2. The minimum Gasteiger partial charge on any atom is -0.406 e. The fraction of sp³-hybridized carbons (Fsp3) is 0.280. The monoisotopic (exact) mass is 553 g/mol. The number of aliphatic hydroxyl groups is 1. The van der Waals surface area contributed by atoms with E-state index in [0.29, 0.717) is 5.56 Å². The Labute approximate surface area is 210 Å². The molecule has 0 heterocycles. The molecule has 0 aliphatic rings. The highest BCUT2D eigenvalue weighted by Crippen LogP contribution is 2.38. The van der Waals surface area contributed by atoms with Crippen molar-refractivity contribution in [2.24, 2.45) is 0 Å². The summed E-state index contributed by atoms with van der Waals surface area (Å²) < 4.78 is 125. The molecular formula is C25H20F9NO3. The molecule has 3 aromatic rings. The van der Waals surface area contributed by atoms with Crippen LogP contribution in [0.15, 0.2) is 78.9 Å². The summed E-state index contributed by atoms with van der Waals surface area (Å²) in [5.41, 5.74) is -1.59. The average Bonchev–Trinajstić information content (AvgIpc) is 2.80.